The largest absolute Gasteiger partial charge is 0.496 e. The molecule has 2 aromatic rings. The van der Waals surface area contributed by atoms with Crippen molar-refractivity contribution in [2.24, 2.45) is 5.92 Å². The first-order valence-electron chi connectivity index (χ1n) is 8.66. The second-order valence-electron chi connectivity index (χ2n) is 6.42. The number of nitrogens with one attached hydrogen (secondary N) is 1. The number of hydrogen-bond acceptors (Lipinski definition) is 7. The molecule has 146 valence electrons. The second kappa shape index (κ2) is 8.30. The molecule has 0 spiro atoms. The van der Waals surface area contributed by atoms with Crippen molar-refractivity contribution in [2.45, 2.75) is 19.4 Å². The molecule has 8 heteroatoms. The highest BCUT2D eigenvalue weighted by molar-refractivity contribution is 5.98. The van der Waals surface area contributed by atoms with Crippen LogP contribution in [0.2, 0.25) is 0 Å². The van der Waals surface area contributed by atoms with Crippen LogP contribution in [0.15, 0.2) is 22.7 Å². The molecule has 2 atom stereocenters. The Morgan fingerprint density at radius 2 is 1.81 bits per heavy atom. The number of aryl methyl sites for hydroxylation is 1. The fourth-order valence-electron chi connectivity index (χ4n) is 3.18. The van der Waals surface area contributed by atoms with Crippen LogP contribution in [0, 0.1) is 12.8 Å². The van der Waals surface area contributed by atoms with E-state index in [-0.39, 0.29) is 17.9 Å². The topological polar surface area (TPSA) is 92.1 Å². The number of ether oxygens (including phenoxy) is 4. The molecule has 1 aromatic heterocycles. The number of methoxy groups -OCH3 is 3. The van der Waals surface area contributed by atoms with E-state index in [1.807, 2.05) is 13.0 Å². The van der Waals surface area contributed by atoms with Gasteiger partial charge in [0.15, 0.2) is 11.5 Å². The zero-order chi connectivity index (χ0) is 19.4. The lowest BCUT2D eigenvalue weighted by atomic mass is 9.97. The highest BCUT2D eigenvalue weighted by atomic mass is 16.5. The van der Waals surface area contributed by atoms with Crippen LogP contribution in [-0.4, -0.2) is 51.6 Å². The maximum atomic E-state index is 12.9. The van der Waals surface area contributed by atoms with Crippen molar-refractivity contribution in [1.82, 2.24) is 10.5 Å². The molecule has 0 aliphatic carbocycles. The molecule has 0 radical (unpaired) electrons. The van der Waals surface area contributed by atoms with E-state index in [1.54, 1.807) is 12.1 Å². The standard InChI is InChI=1S/C19H24N2O6/c1-11-5-13(27-21-11)6-12-9-26-10-15(12)20-19(22)14-7-17(24-3)18(25-4)8-16(14)23-2/h5,7-8,12,15H,6,9-10H2,1-4H3,(H,20,22). The smallest absolute Gasteiger partial charge is 0.255 e. The summed E-state index contributed by atoms with van der Waals surface area (Å²) in [7, 11) is 4.56. The van der Waals surface area contributed by atoms with Crippen molar-refractivity contribution in [2.75, 3.05) is 34.5 Å². The van der Waals surface area contributed by atoms with E-state index in [0.29, 0.717) is 42.4 Å². The molecule has 1 amide bonds. The Balaban J connectivity index is 1.75. The first-order chi connectivity index (χ1) is 13.0. The molecule has 1 fully saturated rings. The molecular formula is C19H24N2O6. The summed E-state index contributed by atoms with van der Waals surface area (Å²) in [6.45, 7) is 2.87. The summed E-state index contributed by atoms with van der Waals surface area (Å²) in [6.07, 6.45) is 0.648. The van der Waals surface area contributed by atoms with Crippen molar-refractivity contribution in [3.63, 3.8) is 0 Å². The number of nitrogens with zero attached hydrogens (tertiary/aromatic N) is 1. The lowest BCUT2D eigenvalue weighted by Crippen LogP contribution is -2.40. The van der Waals surface area contributed by atoms with Crippen LogP contribution >= 0.6 is 0 Å². The van der Waals surface area contributed by atoms with Crippen LogP contribution in [0.1, 0.15) is 21.8 Å². The van der Waals surface area contributed by atoms with Crippen LogP contribution < -0.4 is 19.5 Å². The molecular weight excluding hydrogens is 352 g/mol. The molecule has 1 aliphatic rings. The van der Waals surface area contributed by atoms with Gasteiger partial charge in [0.05, 0.1) is 51.8 Å². The number of hydrogen-bond donors (Lipinski definition) is 1. The van der Waals surface area contributed by atoms with Gasteiger partial charge in [-0.05, 0) is 6.92 Å². The molecule has 0 saturated carbocycles. The average molecular weight is 376 g/mol. The first kappa shape index (κ1) is 19.0. The van der Waals surface area contributed by atoms with Crippen LogP contribution in [0.3, 0.4) is 0 Å². The number of amides is 1. The maximum Gasteiger partial charge on any atom is 0.255 e. The summed E-state index contributed by atoms with van der Waals surface area (Å²) >= 11 is 0. The fourth-order valence-corrected chi connectivity index (χ4v) is 3.18. The quantitative estimate of drug-likeness (QED) is 0.790. The number of aromatic nitrogens is 1. The molecule has 2 heterocycles. The monoisotopic (exact) mass is 376 g/mol. The predicted molar refractivity (Wildman–Crippen MR) is 96.6 cm³/mol. The van der Waals surface area contributed by atoms with Gasteiger partial charge in [0, 0.05) is 30.5 Å². The molecule has 2 unspecified atom stereocenters. The summed E-state index contributed by atoms with van der Waals surface area (Å²) in [5.41, 5.74) is 1.20. The summed E-state index contributed by atoms with van der Waals surface area (Å²) in [5, 5.41) is 6.94. The highest BCUT2D eigenvalue weighted by Gasteiger charge is 2.32. The molecule has 27 heavy (non-hydrogen) atoms. The number of carbonyl (C=O) groups is 1. The van der Waals surface area contributed by atoms with Crippen LogP contribution in [0.5, 0.6) is 17.2 Å². The minimum Gasteiger partial charge on any atom is -0.496 e. The summed E-state index contributed by atoms with van der Waals surface area (Å²) < 4.78 is 26.8. The van der Waals surface area contributed by atoms with E-state index in [1.165, 1.54) is 21.3 Å². The Morgan fingerprint density at radius 1 is 1.11 bits per heavy atom. The summed E-state index contributed by atoms with van der Waals surface area (Å²) in [5.74, 6) is 1.99. The lowest BCUT2D eigenvalue weighted by Gasteiger charge is -2.19. The van der Waals surface area contributed by atoms with Gasteiger partial charge in [-0.3, -0.25) is 4.79 Å². The van der Waals surface area contributed by atoms with Gasteiger partial charge in [-0.25, -0.2) is 0 Å². The zero-order valence-electron chi connectivity index (χ0n) is 15.9. The van der Waals surface area contributed by atoms with Gasteiger partial charge in [-0.2, -0.15) is 0 Å². The van der Waals surface area contributed by atoms with E-state index < -0.39 is 0 Å². The van der Waals surface area contributed by atoms with Gasteiger partial charge < -0.3 is 28.8 Å². The fraction of sp³-hybridized carbons (Fsp3) is 0.474. The van der Waals surface area contributed by atoms with Gasteiger partial charge in [-0.15, -0.1) is 0 Å². The third-order valence-corrected chi connectivity index (χ3v) is 4.61. The molecule has 0 bridgehead atoms. The second-order valence-corrected chi connectivity index (χ2v) is 6.42. The Hall–Kier alpha value is -2.74. The van der Waals surface area contributed by atoms with Crippen molar-refractivity contribution in [3.05, 3.63) is 35.2 Å². The van der Waals surface area contributed by atoms with E-state index >= 15 is 0 Å². The molecule has 3 rings (SSSR count). The van der Waals surface area contributed by atoms with E-state index in [4.69, 9.17) is 23.5 Å². The number of carbonyl (C=O) groups excluding carboxylic acids is 1. The van der Waals surface area contributed by atoms with Gasteiger partial charge in [0.2, 0.25) is 0 Å². The normalized spacial score (nSPS) is 19.0. The van der Waals surface area contributed by atoms with E-state index in [9.17, 15) is 4.79 Å². The zero-order valence-corrected chi connectivity index (χ0v) is 15.9. The van der Waals surface area contributed by atoms with E-state index in [2.05, 4.69) is 10.5 Å². The SMILES string of the molecule is COc1cc(OC)c(C(=O)NC2COCC2Cc2cc(C)no2)cc1OC. The van der Waals surface area contributed by atoms with E-state index in [0.717, 1.165) is 11.5 Å². The summed E-state index contributed by atoms with van der Waals surface area (Å²) in [6, 6.07) is 5.00. The Labute approximate surface area is 157 Å². The van der Waals surface area contributed by atoms with Gasteiger partial charge in [0.1, 0.15) is 11.5 Å². The maximum absolute atomic E-state index is 12.9. The first-order valence-corrected chi connectivity index (χ1v) is 8.66. The molecule has 1 saturated heterocycles. The Kier molecular flexibility index (Phi) is 5.85. The van der Waals surface area contributed by atoms with Gasteiger partial charge in [0.25, 0.3) is 5.91 Å². The third-order valence-electron chi connectivity index (χ3n) is 4.61. The van der Waals surface area contributed by atoms with Crippen LogP contribution in [-0.2, 0) is 11.2 Å². The predicted octanol–water partition coefficient (Wildman–Crippen LogP) is 2.00. The minimum atomic E-state index is -0.262. The number of benzene rings is 1. The number of rotatable bonds is 7. The van der Waals surface area contributed by atoms with Gasteiger partial charge in [-0.1, -0.05) is 5.16 Å². The highest BCUT2D eigenvalue weighted by Crippen LogP contribution is 2.34. The van der Waals surface area contributed by atoms with Crippen molar-refractivity contribution >= 4 is 5.91 Å². The third kappa shape index (κ3) is 4.16. The van der Waals surface area contributed by atoms with Crippen LogP contribution in [0.4, 0.5) is 0 Å². The molecule has 8 nitrogen and oxygen atoms in total. The minimum absolute atomic E-state index is 0.104. The Bertz CT molecular complexity index is 803. The lowest BCUT2D eigenvalue weighted by molar-refractivity contribution is 0.0921. The Morgan fingerprint density at radius 3 is 2.44 bits per heavy atom. The average Bonchev–Trinajstić information content (AvgIpc) is 3.29. The van der Waals surface area contributed by atoms with Crippen molar-refractivity contribution in [3.8, 4) is 17.2 Å². The van der Waals surface area contributed by atoms with Crippen molar-refractivity contribution < 1.29 is 28.3 Å². The molecule has 1 aliphatic heterocycles. The molecule has 1 N–H and O–H groups in total. The van der Waals surface area contributed by atoms with Gasteiger partial charge >= 0.3 is 0 Å². The van der Waals surface area contributed by atoms with Crippen molar-refractivity contribution in [1.29, 1.82) is 0 Å². The summed E-state index contributed by atoms with van der Waals surface area (Å²) in [4.78, 5) is 12.9. The van der Waals surface area contributed by atoms with Crippen LogP contribution in [0.25, 0.3) is 0 Å². The molecule has 1 aromatic carbocycles.